The van der Waals surface area contributed by atoms with Crippen molar-refractivity contribution in [1.82, 2.24) is 9.97 Å². The van der Waals surface area contributed by atoms with E-state index in [-0.39, 0.29) is 0 Å². The van der Waals surface area contributed by atoms with Crippen LogP contribution in [0.2, 0.25) is 0 Å². The van der Waals surface area contributed by atoms with Gasteiger partial charge in [0.05, 0.1) is 11.4 Å². The minimum Gasteiger partial charge on any atom is -0.279 e. The topological polar surface area (TPSA) is 50.2 Å². The molecular formula is C14H16N4S. The van der Waals surface area contributed by atoms with Crippen LogP contribution in [-0.2, 0) is 6.42 Å². The number of rotatable bonds is 5. The Morgan fingerprint density at radius 3 is 2.79 bits per heavy atom. The predicted octanol–water partition coefficient (Wildman–Crippen LogP) is 3.23. The molecule has 0 aliphatic rings. The SMILES string of the molecule is CSc1nccc(CC(C)=NNc2ccccc2)n1. The first kappa shape index (κ1) is 13.5. The number of thioether (sulfide) groups is 1. The number of nitrogens with zero attached hydrogens (tertiary/aromatic N) is 3. The largest absolute Gasteiger partial charge is 0.279 e. The van der Waals surface area contributed by atoms with Crippen LogP contribution in [-0.4, -0.2) is 21.9 Å². The van der Waals surface area contributed by atoms with Crippen LogP contribution in [0.15, 0.2) is 52.9 Å². The molecule has 0 amide bonds. The maximum absolute atomic E-state index is 4.43. The monoisotopic (exact) mass is 272 g/mol. The molecule has 0 bridgehead atoms. The molecule has 19 heavy (non-hydrogen) atoms. The van der Waals surface area contributed by atoms with Crippen LogP contribution in [0, 0.1) is 0 Å². The number of para-hydroxylation sites is 1. The van der Waals surface area contributed by atoms with E-state index >= 15 is 0 Å². The summed E-state index contributed by atoms with van der Waals surface area (Å²) < 4.78 is 0. The minimum absolute atomic E-state index is 0.718. The molecule has 0 unspecified atom stereocenters. The summed E-state index contributed by atoms with van der Waals surface area (Å²) in [6.07, 6.45) is 4.47. The maximum atomic E-state index is 4.43. The molecule has 98 valence electrons. The highest BCUT2D eigenvalue weighted by Gasteiger charge is 2.00. The van der Waals surface area contributed by atoms with Gasteiger partial charge in [0.15, 0.2) is 5.16 Å². The van der Waals surface area contributed by atoms with Gasteiger partial charge in [-0.05, 0) is 31.4 Å². The third kappa shape index (κ3) is 4.37. The number of aromatic nitrogens is 2. The molecule has 0 aliphatic carbocycles. The molecule has 1 N–H and O–H groups in total. The summed E-state index contributed by atoms with van der Waals surface area (Å²) in [4.78, 5) is 8.58. The predicted molar refractivity (Wildman–Crippen MR) is 80.7 cm³/mol. The van der Waals surface area contributed by atoms with Gasteiger partial charge in [-0.3, -0.25) is 5.43 Å². The Kier molecular flexibility index (Phi) is 4.92. The zero-order chi connectivity index (χ0) is 13.5. The van der Waals surface area contributed by atoms with Gasteiger partial charge >= 0.3 is 0 Å². The van der Waals surface area contributed by atoms with E-state index in [1.165, 1.54) is 0 Å². The Balaban J connectivity index is 1.98. The van der Waals surface area contributed by atoms with Crippen molar-refractivity contribution in [3.63, 3.8) is 0 Å². The Bertz CT molecular complexity index is 554. The smallest absolute Gasteiger partial charge is 0.187 e. The average Bonchev–Trinajstić information content (AvgIpc) is 2.46. The molecule has 0 atom stereocenters. The molecule has 5 heteroatoms. The highest BCUT2D eigenvalue weighted by Crippen LogP contribution is 2.09. The number of benzene rings is 1. The molecule has 0 saturated heterocycles. The first-order chi connectivity index (χ1) is 9.28. The molecule has 0 spiro atoms. The second-order valence-electron chi connectivity index (χ2n) is 4.04. The fourth-order valence-electron chi connectivity index (χ4n) is 1.55. The first-order valence-electron chi connectivity index (χ1n) is 5.98. The molecular weight excluding hydrogens is 256 g/mol. The van der Waals surface area contributed by atoms with Gasteiger partial charge in [-0.25, -0.2) is 9.97 Å². The van der Waals surface area contributed by atoms with Crippen LogP contribution in [0.25, 0.3) is 0 Å². The molecule has 4 nitrogen and oxygen atoms in total. The Morgan fingerprint density at radius 1 is 1.26 bits per heavy atom. The lowest BCUT2D eigenvalue weighted by Gasteiger charge is -2.04. The van der Waals surface area contributed by atoms with Crippen LogP contribution < -0.4 is 5.43 Å². The lowest BCUT2D eigenvalue weighted by molar-refractivity contribution is 0.918. The van der Waals surface area contributed by atoms with Crippen LogP contribution in [0.1, 0.15) is 12.6 Å². The van der Waals surface area contributed by atoms with Crippen LogP contribution in [0.3, 0.4) is 0 Å². The van der Waals surface area contributed by atoms with Crippen molar-refractivity contribution < 1.29 is 0 Å². The van der Waals surface area contributed by atoms with Crippen LogP contribution >= 0.6 is 11.8 Å². The van der Waals surface area contributed by atoms with Crippen molar-refractivity contribution in [1.29, 1.82) is 0 Å². The molecule has 2 rings (SSSR count). The van der Waals surface area contributed by atoms with E-state index in [0.29, 0.717) is 0 Å². The highest BCUT2D eigenvalue weighted by molar-refractivity contribution is 7.98. The summed E-state index contributed by atoms with van der Waals surface area (Å²) in [5.41, 5.74) is 5.98. The Hall–Kier alpha value is -1.88. The third-order valence-electron chi connectivity index (χ3n) is 2.46. The molecule has 1 aromatic heterocycles. The zero-order valence-corrected chi connectivity index (χ0v) is 11.8. The molecule has 0 saturated carbocycles. The van der Waals surface area contributed by atoms with Gasteiger partial charge in [0.1, 0.15) is 0 Å². The summed E-state index contributed by atoms with van der Waals surface area (Å²) in [6.45, 7) is 1.98. The van der Waals surface area contributed by atoms with Crippen LogP contribution in [0.4, 0.5) is 5.69 Å². The summed E-state index contributed by atoms with van der Waals surface area (Å²) in [5.74, 6) is 0. The highest BCUT2D eigenvalue weighted by atomic mass is 32.2. The zero-order valence-electron chi connectivity index (χ0n) is 11.0. The van der Waals surface area contributed by atoms with Crippen molar-refractivity contribution in [2.75, 3.05) is 11.7 Å². The van der Waals surface area contributed by atoms with E-state index in [0.717, 1.165) is 28.7 Å². The average molecular weight is 272 g/mol. The van der Waals surface area contributed by atoms with Crippen molar-refractivity contribution in [2.24, 2.45) is 5.10 Å². The van der Waals surface area contributed by atoms with Crippen molar-refractivity contribution in [3.8, 4) is 0 Å². The molecule has 0 fully saturated rings. The Labute approximate surface area is 117 Å². The van der Waals surface area contributed by atoms with Gasteiger partial charge in [0, 0.05) is 18.3 Å². The normalized spacial score (nSPS) is 11.4. The third-order valence-corrected chi connectivity index (χ3v) is 3.02. The lowest BCUT2D eigenvalue weighted by atomic mass is 10.2. The number of hydrogen-bond acceptors (Lipinski definition) is 5. The van der Waals surface area contributed by atoms with Crippen molar-refractivity contribution in [2.45, 2.75) is 18.5 Å². The second kappa shape index (κ2) is 6.89. The fourth-order valence-corrected chi connectivity index (χ4v) is 1.92. The number of nitrogens with one attached hydrogen (secondary N) is 1. The first-order valence-corrected chi connectivity index (χ1v) is 7.20. The van der Waals surface area contributed by atoms with Crippen molar-refractivity contribution in [3.05, 3.63) is 48.3 Å². The second-order valence-corrected chi connectivity index (χ2v) is 4.81. The van der Waals surface area contributed by atoms with Gasteiger partial charge in [0.25, 0.3) is 0 Å². The van der Waals surface area contributed by atoms with Gasteiger partial charge in [-0.1, -0.05) is 30.0 Å². The minimum atomic E-state index is 0.718. The molecule has 1 heterocycles. The quantitative estimate of drug-likeness (QED) is 0.393. The van der Waals surface area contributed by atoms with E-state index < -0.39 is 0 Å². The van der Waals surface area contributed by atoms with E-state index in [1.54, 1.807) is 18.0 Å². The maximum Gasteiger partial charge on any atom is 0.187 e. The van der Waals surface area contributed by atoms with Gasteiger partial charge < -0.3 is 0 Å². The molecule has 0 radical (unpaired) electrons. The fraction of sp³-hybridized carbons (Fsp3) is 0.214. The molecule has 0 aliphatic heterocycles. The standard InChI is InChI=1S/C14H16N4S/c1-11(17-18-12-6-4-3-5-7-12)10-13-8-9-15-14(16-13)19-2/h3-9,18H,10H2,1-2H3. The summed E-state index contributed by atoms with van der Waals surface area (Å²) in [6, 6.07) is 11.8. The van der Waals surface area contributed by atoms with Crippen molar-refractivity contribution >= 4 is 23.2 Å². The Morgan fingerprint density at radius 2 is 2.05 bits per heavy atom. The summed E-state index contributed by atoms with van der Waals surface area (Å²) >= 11 is 1.54. The summed E-state index contributed by atoms with van der Waals surface area (Å²) in [5, 5.41) is 5.14. The van der Waals surface area contributed by atoms with Crippen LogP contribution in [0.5, 0.6) is 0 Å². The number of hydrazone groups is 1. The molecule has 1 aromatic carbocycles. The molecule has 2 aromatic rings. The van der Waals surface area contributed by atoms with Gasteiger partial charge in [0.2, 0.25) is 0 Å². The van der Waals surface area contributed by atoms with E-state index in [9.17, 15) is 0 Å². The van der Waals surface area contributed by atoms with Gasteiger partial charge in [-0.2, -0.15) is 5.10 Å². The van der Waals surface area contributed by atoms with E-state index in [2.05, 4.69) is 20.5 Å². The van der Waals surface area contributed by atoms with E-state index in [1.807, 2.05) is 49.6 Å². The number of anilines is 1. The lowest BCUT2D eigenvalue weighted by Crippen LogP contribution is -2.04. The summed E-state index contributed by atoms with van der Waals surface area (Å²) in [7, 11) is 0. The van der Waals surface area contributed by atoms with E-state index in [4.69, 9.17) is 0 Å². The number of hydrogen-bond donors (Lipinski definition) is 1. The van der Waals surface area contributed by atoms with Gasteiger partial charge in [-0.15, -0.1) is 0 Å².